The van der Waals surface area contributed by atoms with Gasteiger partial charge in [-0.05, 0) is 24.6 Å². The Labute approximate surface area is 119 Å². The predicted molar refractivity (Wildman–Crippen MR) is 74.6 cm³/mol. The fourth-order valence-corrected chi connectivity index (χ4v) is 1.76. The van der Waals surface area contributed by atoms with E-state index < -0.39 is 17.3 Å². The summed E-state index contributed by atoms with van der Waals surface area (Å²) >= 11 is 0. The maximum Gasteiger partial charge on any atom is 0.425 e. The number of benzene rings is 1. The van der Waals surface area contributed by atoms with Gasteiger partial charge in [0.15, 0.2) is 0 Å². The van der Waals surface area contributed by atoms with Gasteiger partial charge in [0.25, 0.3) is 5.56 Å². The third-order valence-electron chi connectivity index (χ3n) is 2.75. The first-order chi connectivity index (χ1) is 10.0. The summed E-state index contributed by atoms with van der Waals surface area (Å²) in [6.45, 7) is 1.48. The van der Waals surface area contributed by atoms with Crippen molar-refractivity contribution in [3.8, 4) is 5.75 Å². The summed E-state index contributed by atoms with van der Waals surface area (Å²) in [6.07, 6.45) is -1.02. The SMILES string of the molecule is COc1cccc(COC(=O)n2c(=O)cc(C)[nH]c2=O)c1. The Balaban J connectivity index is 2.16. The van der Waals surface area contributed by atoms with Crippen LogP contribution in [0.3, 0.4) is 0 Å². The lowest BCUT2D eigenvalue weighted by Crippen LogP contribution is -2.40. The summed E-state index contributed by atoms with van der Waals surface area (Å²) in [4.78, 5) is 37.4. The molecule has 7 nitrogen and oxygen atoms in total. The van der Waals surface area contributed by atoms with E-state index in [1.807, 2.05) is 0 Å². The van der Waals surface area contributed by atoms with Crippen LogP contribution in [-0.4, -0.2) is 22.8 Å². The molecule has 1 heterocycles. The van der Waals surface area contributed by atoms with Crippen LogP contribution in [0.2, 0.25) is 0 Å². The van der Waals surface area contributed by atoms with Crippen molar-refractivity contribution in [2.75, 3.05) is 7.11 Å². The molecule has 0 bridgehead atoms. The maximum atomic E-state index is 11.8. The highest BCUT2D eigenvalue weighted by Gasteiger charge is 2.13. The third kappa shape index (κ3) is 3.38. The van der Waals surface area contributed by atoms with E-state index in [0.717, 1.165) is 6.07 Å². The van der Waals surface area contributed by atoms with Gasteiger partial charge in [0.2, 0.25) is 0 Å². The van der Waals surface area contributed by atoms with E-state index in [1.165, 1.54) is 7.11 Å². The van der Waals surface area contributed by atoms with Gasteiger partial charge in [-0.15, -0.1) is 0 Å². The first kappa shape index (κ1) is 14.6. The van der Waals surface area contributed by atoms with E-state index in [4.69, 9.17) is 9.47 Å². The van der Waals surface area contributed by atoms with Crippen molar-refractivity contribution < 1.29 is 14.3 Å². The Morgan fingerprint density at radius 3 is 2.71 bits per heavy atom. The van der Waals surface area contributed by atoms with Crippen LogP contribution < -0.4 is 16.0 Å². The number of hydrogen-bond acceptors (Lipinski definition) is 5. The van der Waals surface area contributed by atoms with Gasteiger partial charge in [-0.25, -0.2) is 9.59 Å². The van der Waals surface area contributed by atoms with Crippen LogP contribution in [0.25, 0.3) is 0 Å². The van der Waals surface area contributed by atoms with Gasteiger partial charge < -0.3 is 14.5 Å². The largest absolute Gasteiger partial charge is 0.497 e. The zero-order chi connectivity index (χ0) is 15.4. The minimum atomic E-state index is -1.02. The van der Waals surface area contributed by atoms with E-state index in [1.54, 1.807) is 31.2 Å². The molecule has 0 atom stereocenters. The molecule has 0 amide bonds. The smallest absolute Gasteiger partial charge is 0.425 e. The number of carbonyl (C=O) groups is 1. The molecule has 7 heteroatoms. The van der Waals surface area contributed by atoms with Crippen LogP contribution in [0, 0.1) is 6.92 Å². The Hall–Kier alpha value is -2.83. The number of hydrogen-bond donors (Lipinski definition) is 1. The second kappa shape index (κ2) is 6.08. The molecule has 1 aromatic heterocycles. The van der Waals surface area contributed by atoms with Crippen molar-refractivity contribution in [3.05, 3.63) is 62.4 Å². The number of aromatic amines is 1. The van der Waals surface area contributed by atoms with E-state index in [-0.39, 0.29) is 6.61 Å². The highest BCUT2D eigenvalue weighted by molar-refractivity contribution is 5.69. The van der Waals surface area contributed by atoms with Gasteiger partial charge >= 0.3 is 11.8 Å². The number of nitrogens with zero attached hydrogens (tertiary/aromatic N) is 1. The molecule has 0 radical (unpaired) electrons. The summed E-state index contributed by atoms with van der Waals surface area (Å²) in [6, 6.07) is 8.06. The number of carbonyl (C=O) groups excluding carboxylic acids is 1. The van der Waals surface area contributed by atoms with Crippen LogP contribution >= 0.6 is 0 Å². The molecule has 1 N–H and O–H groups in total. The monoisotopic (exact) mass is 290 g/mol. The number of ether oxygens (including phenoxy) is 2. The Morgan fingerprint density at radius 2 is 2.05 bits per heavy atom. The average molecular weight is 290 g/mol. The zero-order valence-electron chi connectivity index (χ0n) is 11.6. The van der Waals surface area contributed by atoms with Crippen molar-refractivity contribution >= 4 is 6.09 Å². The number of H-pyrrole nitrogens is 1. The van der Waals surface area contributed by atoms with E-state index in [2.05, 4.69) is 4.98 Å². The first-order valence-corrected chi connectivity index (χ1v) is 6.14. The Bertz CT molecular complexity index is 744. The first-order valence-electron chi connectivity index (χ1n) is 6.14. The molecule has 2 rings (SSSR count). The standard InChI is InChI=1S/C14H14N2O5/c1-9-6-12(17)16(13(18)15-9)14(19)21-8-10-4-3-5-11(7-10)20-2/h3-7H,8H2,1-2H3,(H,15,18). The fourth-order valence-electron chi connectivity index (χ4n) is 1.76. The van der Waals surface area contributed by atoms with Gasteiger partial charge in [0.05, 0.1) is 7.11 Å². The summed E-state index contributed by atoms with van der Waals surface area (Å²) < 4.78 is 10.4. The van der Waals surface area contributed by atoms with Crippen LogP contribution in [0.15, 0.2) is 39.9 Å². The molecule has 0 aliphatic carbocycles. The minimum absolute atomic E-state index is 0.0736. The molecule has 21 heavy (non-hydrogen) atoms. The van der Waals surface area contributed by atoms with Crippen molar-refractivity contribution in [1.82, 2.24) is 9.55 Å². The lowest BCUT2D eigenvalue weighted by atomic mass is 10.2. The fraction of sp³-hybridized carbons (Fsp3) is 0.214. The normalized spacial score (nSPS) is 10.2. The molecular formula is C14H14N2O5. The van der Waals surface area contributed by atoms with Crippen LogP contribution in [0.4, 0.5) is 4.79 Å². The molecule has 0 fully saturated rings. The molecule has 0 saturated carbocycles. The van der Waals surface area contributed by atoms with Gasteiger partial charge in [0, 0.05) is 11.8 Å². The molecule has 0 aliphatic rings. The van der Waals surface area contributed by atoms with Crippen molar-refractivity contribution in [3.63, 3.8) is 0 Å². The maximum absolute atomic E-state index is 11.8. The van der Waals surface area contributed by atoms with Crippen LogP contribution in [-0.2, 0) is 11.3 Å². The number of methoxy groups -OCH3 is 1. The van der Waals surface area contributed by atoms with Gasteiger partial charge in [0.1, 0.15) is 12.4 Å². The lowest BCUT2D eigenvalue weighted by molar-refractivity contribution is 0.139. The Morgan fingerprint density at radius 1 is 1.29 bits per heavy atom. The Kier molecular flexibility index (Phi) is 4.22. The zero-order valence-corrected chi connectivity index (χ0v) is 11.6. The molecule has 0 spiro atoms. The number of aryl methyl sites for hydroxylation is 1. The lowest BCUT2D eigenvalue weighted by Gasteiger charge is -2.07. The molecular weight excluding hydrogens is 276 g/mol. The second-order valence-corrected chi connectivity index (χ2v) is 4.34. The predicted octanol–water partition coefficient (Wildman–Crippen LogP) is 1.04. The van der Waals surface area contributed by atoms with E-state index in [9.17, 15) is 14.4 Å². The minimum Gasteiger partial charge on any atom is -0.497 e. The second-order valence-electron chi connectivity index (χ2n) is 4.34. The van der Waals surface area contributed by atoms with Gasteiger partial charge in [-0.1, -0.05) is 12.1 Å². The quantitative estimate of drug-likeness (QED) is 0.912. The van der Waals surface area contributed by atoms with Crippen LogP contribution in [0.1, 0.15) is 11.3 Å². The number of aromatic nitrogens is 2. The highest BCUT2D eigenvalue weighted by atomic mass is 16.6. The number of nitrogens with one attached hydrogen (secondary N) is 1. The topological polar surface area (TPSA) is 90.4 Å². The summed E-state index contributed by atoms with van der Waals surface area (Å²) in [7, 11) is 1.52. The molecule has 2 aromatic rings. The summed E-state index contributed by atoms with van der Waals surface area (Å²) in [5.41, 5.74) is -0.497. The molecule has 0 saturated heterocycles. The van der Waals surface area contributed by atoms with Crippen molar-refractivity contribution in [2.45, 2.75) is 13.5 Å². The van der Waals surface area contributed by atoms with E-state index in [0.29, 0.717) is 21.6 Å². The third-order valence-corrected chi connectivity index (χ3v) is 2.75. The molecule has 1 aromatic carbocycles. The van der Waals surface area contributed by atoms with Crippen LogP contribution in [0.5, 0.6) is 5.75 Å². The van der Waals surface area contributed by atoms with E-state index >= 15 is 0 Å². The van der Waals surface area contributed by atoms with Crippen molar-refractivity contribution in [1.29, 1.82) is 0 Å². The molecule has 0 aliphatic heterocycles. The van der Waals surface area contributed by atoms with Gasteiger partial charge in [-0.2, -0.15) is 4.57 Å². The highest BCUT2D eigenvalue weighted by Crippen LogP contribution is 2.13. The summed E-state index contributed by atoms with van der Waals surface area (Å²) in [5.74, 6) is 0.619. The molecule has 110 valence electrons. The van der Waals surface area contributed by atoms with Crippen molar-refractivity contribution in [2.24, 2.45) is 0 Å². The molecule has 0 unspecified atom stereocenters. The average Bonchev–Trinajstić information content (AvgIpc) is 2.44. The number of rotatable bonds is 3. The summed E-state index contributed by atoms with van der Waals surface area (Å²) in [5, 5.41) is 0. The van der Waals surface area contributed by atoms with Gasteiger partial charge in [-0.3, -0.25) is 4.79 Å².